The predicted molar refractivity (Wildman–Crippen MR) is 70.3 cm³/mol. The Bertz CT molecular complexity index is 551. The van der Waals surface area contributed by atoms with E-state index in [0.717, 1.165) is 11.4 Å². The van der Waals surface area contributed by atoms with E-state index in [1.165, 1.54) is 5.56 Å². The molecule has 0 radical (unpaired) electrons. The van der Waals surface area contributed by atoms with Crippen molar-refractivity contribution in [2.75, 3.05) is 0 Å². The molecule has 0 N–H and O–H groups in total. The van der Waals surface area contributed by atoms with Crippen LogP contribution in [0.4, 0.5) is 0 Å². The van der Waals surface area contributed by atoms with Crippen LogP contribution < -0.4 is 0 Å². The van der Waals surface area contributed by atoms with Gasteiger partial charge in [0.25, 0.3) is 0 Å². The summed E-state index contributed by atoms with van der Waals surface area (Å²) in [4.78, 5) is 13.0. The quantitative estimate of drug-likeness (QED) is 0.613. The summed E-state index contributed by atoms with van der Waals surface area (Å²) in [5.74, 6) is -0.00231. The summed E-state index contributed by atoms with van der Waals surface area (Å²) < 4.78 is 1.75. The van der Waals surface area contributed by atoms with Crippen LogP contribution in [0.25, 0.3) is 6.08 Å². The number of hydrogen-bond donors (Lipinski definition) is 0. The largest absolute Gasteiger partial charge is 0.289 e. The van der Waals surface area contributed by atoms with E-state index < -0.39 is 0 Å². The zero-order valence-electron chi connectivity index (χ0n) is 9.88. The van der Waals surface area contributed by atoms with E-state index in [-0.39, 0.29) is 5.78 Å². The van der Waals surface area contributed by atoms with Crippen LogP contribution in [0, 0.1) is 6.92 Å². The predicted octanol–water partition coefficient (Wildman–Crippen LogP) is 3.17. The van der Waals surface area contributed by atoms with E-state index in [2.05, 4.69) is 5.10 Å². The molecule has 0 saturated carbocycles. The maximum absolute atomic E-state index is 11.8. The van der Waals surface area contributed by atoms with Gasteiger partial charge in [0.15, 0.2) is 5.78 Å². The van der Waals surface area contributed by atoms with Crippen LogP contribution in [0.5, 0.6) is 0 Å². The molecule has 0 saturated heterocycles. The lowest BCUT2D eigenvalue weighted by Crippen LogP contribution is -1.94. The fourth-order valence-corrected chi connectivity index (χ4v) is 2.29. The van der Waals surface area contributed by atoms with Gasteiger partial charge in [-0.05, 0) is 43.0 Å². The van der Waals surface area contributed by atoms with Gasteiger partial charge in [-0.2, -0.15) is 5.10 Å². The molecule has 0 atom stereocenters. The van der Waals surface area contributed by atoms with Crippen LogP contribution in [0.15, 0.2) is 29.9 Å². The van der Waals surface area contributed by atoms with Gasteiger partial charge < -0.3 is 0 Å². The van der Waals surface area contributed by atoms with Crippen molar-refractivity contribution in [3.05, 3.63) is 45.9 Å². The summed E-state index contributed by atoms with van der Waals surface area (Å²) in [6.45, 7) is 4.81. The molecule has 2 aromatic rings. The first-order valence-electron chi connectivity index (χ1n) is 5.49. The van der Waals surface area contributed by atoms with Gasteiger partial charge in [-0.25, -0.2) is 0 Å². The number of thiophene rings is 1. The molecule has 2 aromatic heterocycles. The minimum atomic E-state index is -0.00231. The molecule has 0 aromatic carbocycles. The molecule has 0 unspecified atom stereocenters. The van der Waals surface area contributed by atoms with Crippen molar-refractivity contribution in [3.63, 3.8) is 0 Å². The van der Waals surface area contributed by atoms with Gasteiger partial charge in [-0.1, -0.05) is 0 Å². The first-order valence-corrected chi connectivity index (χ1v) is 6.37. The van der Waals surface area contributed by atoms with E-state index in [1.54, 1.807) is 34.5 Å². The summed E-state index contributed by atoms with van der Waals surface area (Å²) in [5, 5.41) is 6.11. The monoisotopic (exact) mass is 246 g/mol. The number of ketones is 1. The fourth-order valence-electron chi connectivity index (χ4n) is 1.47. The third kappa shape index (κ3) is 2.71. The third-order valence-electron chi connectivity index (χ3n) is 2.53. The van der Waals surface area contributed by atoms with Crippen molar-refractivity contribution in [2.45, 2.75) is 20.4 Å². The number of hydrogen-bond acceptors (Lipinski definition) is 3. The molecule has 0 aliphatic rings. The average Bonchev–Trinajstić information content (AvgIpc) is 2.94. The highest BCUT2D eigenvalue weighted by Gasteiger charge is 2.05. The number of nitrogens with zero attached hydrogens (tertiary/aromatic N) is 2. The Morgan fingerprint density at radius 2 is 2.41 bits per heavy atom. The average molecular weight is 246 g/mol. The molecule has 2 rings (SSSR count). The van der Waals surface area contributed by atoms with Crippen molar-refractivity contribution < 1.29 is 4.79 Å². The van der Waals surface area contributed by atoms with Crippen LogP contribution >= 0.6 is 11.3 Å². The molecule has 17 heavy (non-hydrogen) atoms. The van der Waals surface area contributed by atoms with Gasteiger partial charge in [0.1, 0.15) is 0 Å². The van der Waals surface area contributed by atoms with Crippen molar-refractivity contribution in [1.29, 1.82) is 0 Å². The Kier molecular flexibility index (Phi) is 3.54. The van der Waals surface area contributed by atoms with Crippen LogP contribution in [-0.2, 0) is 6.54 Å². The summed E-state index contributed by atoms with van der Waals surface area (Å²) in [7, 11) is 0. The molecule has 0 fully saturated rings. The maximum atomic E-state index is 11.8. The zero-order chi connectivity index (χ0) is 12.3. The van der Waals surface area contributed by atoms with Gasteiger partial charge in [0.05, 0.1) is 11.8 Å². The van der Waals surface area contributed by atoms with Gasteiger partial charge in [-0.15, -0.1) is 11.3 Å². The normalized spacial score (nSPS) is 11.2. The first kappa shape index (κ1) is 11.8. The lowest BCUT2D eigenvalue weighted by molar-refractivity contribution is 0.104. The van der Waals surface area contributed by atoms with E-state index in [0.29, 0.717) is 5.56 Å². The smallest absolute Gasteiger partial charge is 0.189 e. The molecule has 0 aliphatic carbocycles. The highest BCUT2D eigenvalue weighted by atomic mass is 32.1. The second kappa shape index (κ2) is 5.10. The third-order valence-corrected chi connectivity index (χ3v) is 3.51. The Labute approximate surface area is 104 Å². The summed E-state index contributed by atoms with van der Waals surface area (Å²) >= 11 is 1.64. The second-order valence-corrected chi connectivity index (χ2v) is 4.70. The minimum Gasteiger partial charge on any atom is -0.289 e. The Morgan fingerprint density at radius 3 is 3.00 bits per heavy atom. The SMILES string of the molecule is CCn1cc(C(=O)/C=C/c2sccc2C)cn1. The molecular formula is C13H14N2OS. The van der Waals surface area contributed by atoms with E-state index in [1.807, 2.05) is 31.4 Å². The Morgan fingerprint density at radius 1 is 1.59 bits per heavy atom. The number of aromatic nitrogens is 2. The number of allylic oxidation sites excluding steroid dienone is 1. The number of carbonyl (C=O) groups excluding carboxylic acids is 1. The summed E-state index contributed by atoms with van der Waals surface area (Å²) in [6.07, 6.45) is 6.85. The molecule has 88 valence electrons. The summed E-state index contributed by atoms with van der Waals surface area (Å²) in [6, 6.07) is 2.05. The van der Waals surface area contributed by atoms with Crippen molar-refractivity contribution >= 4 is 23.2 Å². The van der Waals surface area contributed by atoms with Crippen LogP contribution in [0.2, 0.25) is 0 Å². The fraction of sp³-hybridized carbons (Fsp3) is 0.231. The number of carbonyl (C=O) groups is 1. The van der Waals surface area contributed by atoms with Crippen molar-refractivity contribution in [3.8, 4) is 0 Å². The molecule has 0 spiro atoms. The first-order chi connectivity index (χ1) is 8.20. The molecule has 4 heteroatoms. The number of aryl methyl sites for hydroxylation is 2. The molecule has 0 bridgehead atoms. The van der Waals surface area contributed by atoms with Gasteiger partial charge in [0.2, 0.25) is 0 Å². The maximum Gasteiger partial charge on any atom is 0.189 e. The zero-order valence-corrected chi connectivity index (χ0v) is 10.7. The number of rotatable bonds is 4. The topological polar surface area (TPSA) is 34.9 Å². The van der Waals surface area contributed by atoms with Crippen molar-refractivity contribution in [1.82, 2.24) is 9.78 Å². The van der Waals surface area contributed by atoms with E-state index >= 15 is 0 Å². The van der Waals surface area contributed by atoms with E-state index in [9.17, 15) is 4.79 Å². The summed E-state index contributed by atoms with van der Waals surface area (Å²) in [5.41, 5.74) is 1.83. The molecule has 3 nitrogen and oxygen atoms in total. The minimum absolute atomic E-state index is 0.00231. The lowest BCUT2D eigenvalue weighted by atomic mass is 10.2. The standard InChI is InChI=1S/C13H14N2OS/c1-3-15-9-11(8-14-15)12(16)4-5-13-10(2)6-7-17-13/h4-9H,3H2,1-2H3/b5-4+. The van der Waals surface area contributed by atoms with Crippen LogP contribution in [0.3, 0.4) is 0 Å². The Hall–Kier alpha value is -1.68. The van der Waals surface area contributed by atoms with Gasteiger partial charge in [0, 0.05) is 17.6 Å². The molecular weight excluding hydrogens is 232 g/mol. The highest BCUT2D eigenvalue weighted by Crippen LogP contribution is 2.17. The van der Waals surface area contributed by atoms with Gasteiger partial charge >= 0.3 is 0 Å². The van der Waals surface area contributed by atoms with Crippen molar-refractivity contribution in [2.24, 2.45) is 0 Å². The Balaban J connectivity index is 2.11. The lowest BCUT2D eigenvalue weighted by Gasteiger charge is -1.91. The van der Waals surface area contributed by atoms with E-state index in [4.69, 9.17) is 0 Å². The second-order valence-electron chi connectivity index (χ2n) is 3.75. The highest BCUT2D eigenvalue weighted by molar-refractivity contribution is 7.11. The van der Waals surface area contributed by atoms with Gasteiger partial charge in [-0.3, -0.25) is 9.48 Å². The molecule has 2 heterocycles. The van der Waals surface area contributed by atoms with Crippen LogP contribution in [-0.4, -0.2) is 15.6 Å². The van der Waals surface area contributed by atoms with Crippen LogP contribution in [0.1, 0.15) is 27.7 Å². The molecule has 0 amide bonds. The molecule has 0 aliphatic heterocycles.